The van der Waals surface area contributed by atoms with E-state index in [1.54, 1.807) is 22.3 Å². The van der Waals surface area contributed by atoms with Crippen molar-refractivity contribution in [1.82, 2.24) is 9.88 Å². The number of anilines is 1. The monoisotopic (exact) mass is 383 g/mol. The number of furan rings is 1. The highest BCUT2D eigenvalue weighted by Crippen LogP contribution is 2.27. The number of likely N-dealkylation sites (tertiary alicyclic amines) is 1. The normalized spacial score (nSPS) is 15.2. The summed E-state index contributed by atoms with van der Waals surface area (Å²) in [6.07, 6.45) is 5.20. The molecule has 3 heterocycles. The highest BCUT2D eigenvalue weighted by molar-refractivity contribution is 7.18. The minimum atomic E-state index is -0.0817. The van der Waals surface area contributed by atoms with Gasteiger partial charge >= 0.3 is 0 Å². The number of amides is 2. The lowest BCUT2D eigenvalue weighted by Gasteiger charge is -2.31. The molecule has 0 saturated carbocycles. The Labute approximate surface area is 161 Å². The van der Waals surface area contributed by atoms with Crippen molar-refractivity contribution in [3.63, 3.8) is 0 Å². The van der Waals surface area contributed by atoms with E-state index in [9.17, 15) is 9.59 Å². The first-order valence-electron chi connectivity index (χ1n) is 9.16. The maximum absolute atomic E-state index is 12.6. The molecule has 0 aliphatic carbocycles. The zero-order valence-corrected chi connectivity index (χ0v) is 15.9. The van der Waals surface area contributed by atoms with E-state index in [1.807, 2.05) is 18.2 Å². The third-order valence-electron chi connectivity index (χ3n) is 4.92. The van der Waals surface area contributed by atoms with Crippen LogP contribution >= 0.6 is 11.3 Å². The van der Waals surface area contributed by atoms with Gasteiger partial charge in [0.15, 0.2) is 0 Å². The summed E-state index contributed by atoms with van der Waals surface area (Å²) in [6.45, 7) is 3.25. The number of fused-ring (bicyclic) bond motifs is 1. The van der Waals surface area contributed by atoms with Gasteiger partial charge in [-0.3, -0.25) is 9.59 Å². The van der Waals surface area contributed by atoms with E-state index in [0.29, 0.717) is 31.5 Å². The molecular weight excluding hydrogens is 362 g/mol. The lowest BCUT2D eigenvalue weighted by atomic mass is 9.95. The Bertz CT molecular complexity index is 956. The van der Waals surface area contributed by atoms with E-state index in [4.69, 9.17) is 4.42 Å². The molecule has 2 aromatic heterocycles. The van der Waals surface area contributed by atoms with Crippen molar-refractivity contribution in [3.05, 3.63) is 47.4 Å². The van der Waals surface area contributed by atoms with E-state index < -0.39 is 0 Å². The lowest BCUT2D eigenvalue weighted by Crippen LogP contribution is -2.41. The molecule has 140 valence electrons. The van der Waals surface area contributed by atoms with Crippen LogP contribution in [0.2, 0.25) is 0 Å². The molecule has 0 bridgehead atoms. The third kappa shape index (κ3) is 3.73. The topological polar surface area (TPSA) is 75.4 Å². The summed E-state index contributed by atoms with van der Waals surface area (Å²) in [5.41, 5.74) is 2.33. The Balaban J connectivity index is 1.36. The molecule has 3 aromatic rings. The number of nitrogens with zero attached hydrogens (tertiary/aromatic N) is 2. The van der Waals surface area contributed by atoms with Crippen LogP contribution in [-0.4, -0.2) is 34.8 Å². The fraction of sp³-hybridized carbons (Fsp3) is 0.350. The summed E-state index contributed by atoms with van der Waals surface area (Å²) in [5, 5.41) is 4.12. The van der Waals surface area contributed by atoms with Gasteiger partial charge in [0.05, 0.1) is 27.1 Å². The standard InChI is InChI=1S/C20H21N3O3S/c1-2-18-22-16-4-3-15(11-17(16)27-18)21-19(24)13-5-8-23(9-6-13)20(25)14-7-10-26-12-14/h3-4,7,10-13H,2,5-6,8-9H2,1H3,(H,21,24). The summed E-state index contributed by atoms with van der Waals surface area (Å²) in [6, 6.07) is 7.51. The molecule has 0 radical (unpaired) electrons. The molecule has 4 rings (SSSR count). The number of carbonyl (C=O) groups is 2. The number of hydrogen-bond donors (Lipinski definition) is 1. The van der Waals surface area contributed by atoms with Gasteiger partial charge in [0, 0.05) is 24.7 Å². The van der Waals surface area contributed by atoms with Gasteiger partial charge < -0.3 is 14.6 Å². The number of hydrogen-bond acceptors (Lipinski definition) is 5. The molecular formula is C20H21N3O3S. The lowest BCUT2D eigenvalue weighted by molar-refractivity contribution is -0.121. The fourth-order valence-corrected chi connectivity index (χ4v) is 4.31. The van der Waals surface area contributed by atoms with Gasteiger partial charge in [0.2, 0.25) is 5.91 Å². The van der Waals surface area contributed by atoms with Crippen LogP contribution in [0.1, 0.15) is 35.1 Å². The van der Waals surface area contributed by atoms with Crippen molar-refractivity contribution in [3.8, 4) is 0 Å². The third-order valence-corrected chi connectivity index (χ3v) is 6.09. The smallest absolute Gasteiger partial charge is 0.257 e. The second-order valence-electron chi connectivity index (χ2n) is 6.71. The van der Waals surface area contributed by atoms with Crippen molar-refractivity contribution in [2.45, 2.75) is 26.2 Å². The molecule has 2 amide bonds. The second-order valence-corrected chi connectivity index (χ2v) is 7.83. The molecule has 1 fully saturated rings. The number of aryl methyl sites for hydroxylation is 1. The molecule has 1 aromatic carbocycles. The van der Waals surface area contributed by atoms with Crippen LogP contribution in [-0.2, 0) is 11.2 Å². The van der Waals surface area contributed by atoms with Gasteiger partial charge in [0.25, 0.3) is 5.91 Å². The summed E-state index contributed by atoms with van der Waals surface area (Å²) >= 11 is 1.66. The van der Waals surface area contributed by atoms with Crippen LogP contribution < -0.4 is 5.32 Å². The minimum absolute atomic E-state index is 0.0185. The average Bonchev–Trinajstić information content (AvgIpc) is 3.36. The summed E-state index contributed by atoms with van der Waals surface area (Å²) in [4.78, 5) is 31.3. The average molecular weight is 383 g/mol. The number of nitrogens with one attached hydrogen (secondary N) is 1. The Hall–Kier alpha value is -2.67. The highest BCUT2D eigenvalue weighted by Gasteiger charge is 2.28. The molecule has 1 aliphatic rings. The molecule has 1 aliphatic heterocycles. The zero-order chi connectivity index (χ0) is 18.8. The Kier molecular flexibility index (Phi) is 4.94. The maximum atomic E-state index is 12.6. The predicted octanol–water partition coefficient (Wildman–Crippen LogP) is 3.94. The molecule has 0 atom stereocenters. The zero-order valence-electron chi connectivity index (χ0n) is 15.1. The van der Waals surface area contributed by atoms with Gasteiger partial charge in [-0.25, -0.2) is 4.98 Å². The molecule has 7 heteroatoms. The quantitative estimate of drug-likeness (QED) is 0.740. The largest absolute Gasteiger partial charge is 0.472 e. The number of carbonyl (C=O) groups excluding carboxylic acids is 2. The van der Waals surface area contributed by atoms with E-state index >= 15 is 0 Å². The van der Waals surface area contributed by atoms with E-state index in [1.165, 1.54) is 12.5 Å². The molecule has 0 spiro atoms. The van der Waals surface area contributed by atoms with E-state index in [-0.39, 0.29) is 17.7 Å². The molecule has 0 unspecified atom stereocenters. The van der Waals surface area contributed by atoms with Gasteiger partial charge in [-0.15, -0.1) is 11.3 Å². The number of thiazole rings is 1. The van der Waals surface area contributed by atoms with Crippen molar-refractivity contribution < 1.29 is 14.0 Å². The van der Waals surface area contributed by atoms with Crippen LogP contribution in [0.5, 0.6) is 0 Å². The molecule has 1 saturated heterocycles. The van der Waals surface area contributed by atoms with Crippen LogP contribution in [0.3, 0.4) is 0 Å². The number of piperidine rings is 1. The van der Waals surface area contributed by atoms with Crippen molar-refractivity contribution in [2.24, 2.45) is 5.92 Å². The number of benzene rings is 1. The van der Waals surface area contributed by atoms with Gasteiger partial charge in [-0.05, 0) is 43.5 Å². The highest BCUT2D eigenvalue weighted by atomic mass is 32.1. The van der Waals surface area contributed by atoms with E-state index in [0.717, 1.165) is 27.3 Å². The second kappa shape index (κ2) is 7.52. The SMILES string of the molecule is CCc1nc2ccc(NC(=O)C3CCN(C(=O)c4ccoc4)CC3)cc2s1. The van der Waals surface area contributed by atoms with E-state index in [2.05, 4.69) is 17.2 Å². The van der Waals surface area contributed by atoms with Crippen LogP contribution in [0.25, 0.3) is 10.2 Å². The Morgan fingerprint density at radius 3 is 2.81 bits per heavy atom. The number of rotatable bonds is 4. The number of aromatic nitrogens is 1. The van der Waals surface area contributed by atoms with Crippen LogP contribution in [0.4, 0.5) is 5.69 Å². The Morgan fingerprint density at radius 1 is 1.30 bits per heavy atom. The summed E-state index contributed by atoms with van der Waals surface area (Å²) < 4.78 is 6.06. The first kappa shape index (κ1) is 17.7. The van der Waals surface area contributed by atoms with Gasteiger partial charge in [0.1, 0.15) is 6.26 Å². The molecule has 1 N–H and O–H groups in total. The first-order valence-corrected chi connectivity index (χ1v) is 9.97. The predicted molar refractivity (Wildman–Crippen MR) is 105 cm³/mol. The fourth-order valence-electron chi connectivity index (χ4n) is 3.36. The first-order chi connectivity index (χ1) is 13.1. The minimum Gasteiger partial charge on any atom is -0.472 e. The van der Waals surface area contributed by atoms with Crippen molar-refractivity contribution in [1.29, 1.82) is 0 Å². The summed E-state index contributed by atoms with van der Waals surface area (Å²) in [7, 11) is 0. The molecule has 27 heavy (non-hydrogen) atoms. The van der Waals surface area contributed by atoms with Crippen molar-refractivity contribution in [2.75, 3.05) is 18.4 Å². The Morgan fingerprint density at radius 2 is 2.11 bits per heavy atom. The molecule has 6 nitrogen and oxygen atoms in total. The van der Waals surface area contributed by atoms with Crippen molar-refractivity contribution >= 4 is 39.1 Å². The van der Waals surface area contributed by atoms with Crippen LogP contribution in [0, 0.1) is 5.92 Å². The summed E-state index contributed by atoms with van der Waals surface area (Å²) in [5.74, 6) is -0.100. The maximum Gasteiger partial charge on any atom is 0.257 e. The van der Waals surface area contributed by atoms with Gasteiger partial charge in [-0.1, -0.05) is 6.92 Å². The van der Waals surface area contributed by atoms with Gasteiger partial charge in [-0.2, -0.15) is 0 Å². The van der Waals surface area contributed by atoms with Crippen LogP contribution in [0.15, 0.2) is 41.2 Å².